The number of H-pyrrole nitrogens is 1. The Labute approximate surface area is 249 Å². The minimum Gasteiger partial charge on any atom is -0.493 e. The molecule has 2 aliphatic heterocycles. The monoisotopic (exact) mass is 591 g/mol. The van der Waals surface area contributed by atoms with E-state index in [1.807, 2.05) is 30.3 Å². The number of fused-ring (bicyclic) bond motifs is 4. The summed E-state index contributed by atoms with van der Waals surface area (Å²) in [6, 6.07) is 12.5. The molecule has 0 spiro atoms. The van der Waals surface area contributed by atoms with Crippen LogP contribution in [0.25, 0.3) is 10.9 Å². The average molecular weight is 592 g/mol. The third kappa shape index (κ3) is 5.49. The van der Waals surface area contributed by atoms with Crippen LogP contribution in [0.4, 0.5) is 0 Å². The van der Waals surface area contributed by atoms with E-state index >= 15 is 0 Å². The van der Waals surface area contributed by atoms with Crippen LogP contribution in [-0.4, -0.2) is 94.8 Å². The van der Waals surface area contributed by atoms with Gasteiger partial charge in [-0.3, -0.25) is 9.59 Å². The van der Waals surface area contributed by atoms with Crippen LogP contribution >= 0.6 is 0 Å². The fourth-order valence-corrected chi connectivity index (χ4v) is 6.49. The van der Waals surface area contributed by atoms with Crippen molar-refractivity contribution < 1.29 is 39.1 Å². The van der Waals surface area contributed by atoms with Crippen LogP contribution in [0, 0.1) is 0 Å². The summed E-state index contributed by atoms with van der Waals surface area (Å²) < 4.78 is 17.6. The molecule has 1 fully saturated rings. The summed E-state index contributed by atoms with van der Waals surface area (Å²) in [5.74, 6) is -0.621. The molecule has 11 nitrogen and oxygen atoms in total. The van der Waals surface area contributed by atoms with E-state index in [0.29, 0.717) is 47.6 Å². The predicted octanol–water partition coefficient (Wildman–Crippen LogP) is 1.54. The predicted molar refractivity (Wildman–Crippen MR) is 157 cm³/mol. The zero-order chi connectivity index (χ0) is 30.1. The second-order valence-corrected chi connectivity index (χ2v) is 11.2. The van der Waals surface area contributed by atoms with Crippen molar-refractivity contribution in [3.63, 3.8) is 0 Å². The van der Waals surface area contributed by atoms with E-state index < -0.39 is 36.2 Å². The highest BCUT2D eigenvalue weighted by Crippen LogP contribution is 2.51. The van der Waals surface area contributed by atoms with Crippen molar-refractivity contribution in [2.75, 3.05) is 33.4 Å². The number of nitrogens with zero attached hydrogens (tertiary/aromatic N) is 1. The molecule has 5 N–H and O–H groups in total. The second kappa shape index (κ2) is 12.4. The van der Waals surface area contributed by atoms with Gasteiger partial charge < -0.3 is 44.7 Å². The first-order valence-electron chi connectivity index (χ1n) is 14.7. The highest BCUT2D eigenvalue weighted by molar-refractivity contribution is 5.96. The molecule has 0 bridgehead atoms. The Hall–Kier alpha value is -3.90. The van der Waals surface area contributed by atoms with Gasteiger partial charge in [0.15, 0.2) is 11.5 Å². The number of carbonyl (C=O) groups excluding carboxylic acids is 2. The van der Waals surface area contributed by atoms with Gasteiger partial charge in [0.05, 0.1) is 32.3 Å². The fourth-order valence-electron chi connectivity index (χ4n) is 6.49. The zero-order valence-corrected chi connectivity index (χ0v) is 24.0. The van der Waals surface area contributed by atoms with Crippen molar-refractivity contribution in [1.82, 2.24) is 15.2 Å². The van der Waals surface area contributed by atoms with E-state index in [1.54, 1.807) is 23.1 Å². The quantitative estimate of drug-likeness (QED) is 0.238. The SMILES string of the molecule is COc1cc(CO)cc2c1OC1C2C(C(=O)NCCO)=CC(N(CCc2cc3ccccc3[nH]2)C(=O)C2CCCO2)C1O. The van der Waals surface area contributed by atoms with Crippen LogP contribution < -0.4 is 14.8 Å². The van der Waals surface area contributed by atoms with Gasteiger partial charge in [-0.15, -0.1) is 0 Å². The molecule has 3 aliphatic rings. The maximum Gasteiger partial charge on any atom is 0.252 e. The van der Waals surface area contributed by atoms with Gasteiger partial charge in [-0.05, 0) is 54.1 Å². The molecule has 1 aliphatic carbocycles. The van der Waals surface area contributed by atoms with Gasteiger partial charge in [0.1, 0.15) is 18.3 Å². The van der Waals surface area contributed by atoms with E-state index in [1.165, 1.54) is 7.11 Å². The zero-order valence-electron chi connectivity index (χ0n) is 24.0. The van der Waals surface area contributed by atoms with Crippen LogP contribution in [0.15, 0.2) is 54.1 Å². The Morgan fingerprint density at radius 3 is 2.74 bits per heavy atom. The highest BCUT2D eigenvalue weighted by atomic mass is 16.5. The largest absolute Gasteiger partial charge is 0.493 e. The Balaban J connectivity index is 1.39. The minimum absolute atomic E-state index is 0.0352. The Morgan fingerprint density at radius 2 is 2.02 bits per heavy atom. The Kier molecular flexibility index (Phi) is 8.40. The molecule has 5 unspecified atom stereocenters. The van der Waals surface area contributed by atoms with Gasteiger partial charge in [-0.1, -0.05) is 18.2 Å². The number of aliphatic hydroxyl groups excluding tert-OH is 3. The number of para-hydroxylation sites is 1. The van der Waals surface area contributed by atoms with E-state index in [-0.39, 0.29) is 32.2 Å². The molecule has 0 radical (unpaired) electrons. The lowest BCUT2D eigenvalue weighted by Gasteiger charge is -2.41. The first-order chi connectivity index (χ1) is 20.9. The number of nitrogens with one attached hydrogen (secondary N) is 2. The number of aromatic amines is 1. The summed E-state index contributed by atoms with van der Waals surface area (Å²) in [7, 11) is 1.48. The van der Waals surface area contributed by atoms with Gasteiger partial charge in [0.25, 0.3) is 5.91 Å². The maximum atomic E-state index is 14.0. The lowest BCUT2D eigenvalue weighted by atomic mass is 9.77. The number of rotatable bonds is 10. The van der Waals surface area contributed by atoms with Crippen LogP contribution in [0.1, 0.15) is 35.6 Å². The fraction of sp³-hybridized carbons (Fsp3) is 0.438. The lowest BCUT2D eigenvalue weighted by molar-refractivity contribution is -0.146. The number of hydrogen-bond donors (Lipinski definition) is 5. The van der Waals surface area contributed by atoms with E-state index in [4.69, 9.17) is 14.2 Å². The molecule has 228 valence electrons. The molecule has 43 heavy (non-hydrogen) atoms. The molecule has 0 saturated carbocycles. The summed E-state index contributed by atoms with van der Waals surface area (Å²) in [5, 5.41) is 34.9. The number of benzene rings is 2. The first-order valence-corrected chi connectivity index (χ1v) is 14.7. The number of amides is 2. The van der Waals surface area contributed by atoms with Gasteiger partial charge >= 0.3 is 0 Å². The van der Waals surface area contributed by atoms with Gasteiger partial charge in [-0.2, -0.15) is 0 Å². The van der Waals surface area contributed by atoms with Crippen molar-refractivity contribution in [2.45, 2.75) is 56.1 Å². The number of aliphatic hydroxyl groups is 3. The standard InChI is InChI=1S/C32H37N3O8/c1-41-26-14-18(17-37)13-21-27-22(31(39)33-9-11-36)16-24(28(38)30(27)43-29(21)26)35(32(40)25-7-4-12-42-25)10-8-20-15-19-5-2-3-6-23(19)34-20/h2-3,5-6,13-16,24-25,27-28,30,34,36-38H,4,7-12,17H2,1H3,(H,33,39). The summed E-state index contributed by atoms with van der Waals surface area (Å²) in [6.07, 6.45) is 0.735. The molecule has 2 aromatic carbocycles. The molecular formula is C32H37N3O8. The maximum absolute atomic E-state index is 14.0. The molecule has 1 saturated heterocycles. The Bertz CT molecular complexity index is 1500. The summed E-state index contributed by atoms with van der Waals surface area (Å²) in [5.41, 5.74) is 3.41. The summed E-state index contributed by atoms with van der Waals surface area (Å²) in [4.78, 5) is 32.5. The van der Waals surface area contributed by atoms with Crippen molar-refractivity contribution in [3.05, 3.63) is 70.9 Å². The van der Waals surface area contributed by atoms with E-state index in [9.17, 15) is 24.9 Å². The minimum atomic E-state index is -1.19. The van der Waals surface area contributed by atoms with Gasteiger partial charge in [-0.25, -0.2) is 0 Å². The number of ether oxygens (including phenoxy) is 3. The van der Waals surface area contributed by atoms with Crippen LogP contribution in [-0.2, 0) is 27.4 Å². The molecule has 2 amide bonds. The number of aromatic nitrogens is 1. The third-order valence-electron chi connectivity index (χ3n) is 8.55. The molecule has 1 aromatic heterocycles. The first kappa shape index (κ1) is 29.2. The number of methoxy groups -OCH3 is 1. The van der Waals surface area contributed by atoms with Gasteiger partial charge in [0, 0.05) is 48.5 Å². The average Bonchev–Trinajstić information content (AvgIpc) is 3.79. The summed E-state index contributed by atoms with van der Waals surface area (Å²) in [6.45, 7) is 0.285. The summed E-state index contributed by atoms with van der Waals surface area (Å²) >= 11 is 0. The van der Waals surface area contributed by atoms with E-state index in [2.05, 4.69) is 10.3 Å². The topological polar surface area (TPSA) is 154 Å². The molecule has 3 heterocycles. The molecule has 11 heteroatoms. The molecular weight excluding hydrogens is 554 g/mol. The second-order valence-electron chi connectivity index (χ2n) is 11.2. The number of hydrogen-bond acceptors (Lipinski definition) is 8. The van der Waals surface area contributed by atoms with Gasteiger partial charge in [0.2, 0.25) is 5.91 Å². The van der Waals surface area contributed by atoms with Crippen LogP contribution in [0.3, 0.4) is 0 Å². The van der Waals surface area contributed by atoms with Crippen molar-refractivity contribution in [1.29, 1.82) is 0 Å². The Morgan fingerprint density at radius 1 is 1.19 bits per heavy atom. The van der Waals surface area contributed by atoms with Crippen LogP contribution in [0.2, 0.25) is 0 Å². The van der Waals surface area contributed by atoms with Crippen molar-refractivity contribution in [3.8, 4) is 11.5 Å². The van der Waals surface area contributed by atoms with Crippen molar-refractivity contribution >= 4 is 22.7 Å². The lowest BCUT2D eigenvalue weighted by Crippen LogP contribution is -2.57. The van der Waals surface area contributed by atoms with Crippen molar-refractivity contribution in [2.24, 2.45) is 0 Å². The molecule has 5 atom stereocenters. The highest BCUT2D eigenvalue weighted by Gasteiger charge is 2.52. The normalized spacial score (nSPS) is 24.2. The smallest absolute Gasteiger partial charge is 0.252 e. The van der Waals surface area contributed by atoms with Crippen LogP contribution in [0.5, 0.6) is 11.5 Å². The van der Waals surface area contributed by atoms with E-state index in [0.717, 1.165) is 23.0 Å². The molecule has 6 rings (SSSR count). The third-order valence-corrected chi connectivity index (χ3v) is 8.55. The number of carbonyl (C=O) groups is 2. The molecule has 3 aromatic rings.